The van der Waals surface area contributed by atoms with E-state index in [1.807, 2.05) is 26.0 Å². The van der Waals surface area contributed by atoms with Crippen LogP contribution in [-0.4, -0.2) is 23.0 Å². The van der Waals surface area contributed by atoms with Crippen LogP contribution < -0.4 is 11.1 Å². The molecule has 1 heterocycles. The second-order valence-electron chi connectivity index (χ2n) is 4.17. The Kier molecular flexibility index (Phi) is 3.80. The molecule has 15 heavy (non-hydrogen) atoms. The van der Waals surface area contributed by atoms with Crippen molar-refractivity contribution in [3.8, 4) is 0 Å². The fourth-order valence-corrected chi connectivity index (χ4v) is 1.49. The highest BCUT2D eigenvalue weighted by atomic mass is 16.1. The van der Waals surface area contributed by atoms with E-state index in [4.69, 9.17) is 5.73 Å². The minimum absolute atomic E-state index is 0.0243. The van der Waals surface area contributed by atoms with Crippen LogP contribution in [0.5, 0.6) is 0 Å². The van der Waals surface area contributed by atoms with Gasteiger partial charge in [-0.05, 0) is 31.9 Å². The molecular formula is C11H17N3O. The van der Waals surface area contributed by atoms with Gasteiger partial charge in [-0.25, -0.2) is 0 Å². The SMILES string of the molecule is CC(C)(Cc1cccnc1)NC(=O)CN. The lowest BCUT2D eigenvalue weighted by Gasteiger charge is -2.26. The zero-order valence-electron chi connectivity index (χ0n) is 9.16. The molecule has 1 amide bonds. The van der Waals surface area contributed by atoms with Crippen molar-refractivity contribution in [1.82, 2.24) is 10.3 Å². The van der Waals surface area contributed by atoms with Crippen molar-refractivity contribution in [2.24, 2.45) is 5.73 Å². The van der Waals surface area contributed by atoms with E-state index in [-0.39, 0.29) is 18.0 Å². The molecule has 0 atom stereocenters. The van der Waals surface area contributed by atoms with Crippen LogP contribution in [0.1, 0.15) is 19.4 Å². The van der Waals surface area contributed by atoms with Gasteiger partial charge >= 0.3 is 0 Å². The molecule has 3 N–H and O–H groups in total. The number of carbonyl (C=O) groups is 1. The summed E-state index contributed by atoms with van der Waals surface area (Å²) in [4.78, 5) is 15.2. The average molecular weight is 207 g/mol. The number of rotatable bonds is 4. The fourth-order valence-electron chi connectivity index (χ4n) is 1.49. The van der Waals surface area contributed by atoms with E-state index < -0.39 is 0 Å². The quantitative estimate of drug-likeness (QED) is 0.754. The maximum absolute atomic E-state index is 11.2. The number of nitrogens with two attached hydrogens (primary N) is 1. The van der Waals surface area contributed by atoms with Gasteiger partial charge in [-0.3, -0.25) is 9.78 Å². The molecule has 0 spiro atoms. The Balaban J connectivity index is 2.60. The third-order valence-corrected chi connectivity index (χ3v) is 2.03. The molecule has 82 valence electrons. The molecule has 0 saturated heterocycles. The Hall–Kier alpha value is -1.42. The zero-order chi connectivity index (χ0) is 11.3. The Morgan fingerprint density at radius 1 is 1.60 bits per heavy atom. The van der Waals surface area contributed by atoms with Gasteiger partial charge in [0.1, 0.15) is 0 Å². The van der Waals surface area contributed by atoms with Crippen LogP contribution in [0.3, 0.4) is 0 Å². The highest BCUT2D eigenvalue weighted by molar-refractivity contribution is 5.78. The molecule has 1 aromatic rings. The summed E-state index contributed by atoms with van der Waals surface area (Å²) in [6.07, 6.45) is 4.28. The minimum atomic E-state index is -0.292. The van der Waals surface area contributed by atoms with Crippen LogP contribution in [0, 0.1) is 0 Å². The van der Waals surface area contributed by atoms with Crippen LogP contribution in [0.2, 0.25) is 0 Å². The molecule has 1 rings (SSSR count). The molecule has 0 unspecified atom stereocenters. The third kappa shape index (κ3) is 4.08. The van der Waals surface area contributed by atoms with Gasteiger partial charge < -0.3 is 11.1 Å². The number of amides is 1. The van der Waals surface area contributed by atoms with Gasteiger partial charge in [0.05, 0.1) is 6.54 Å². The molecule has 0 fully saturated rings. The molecule has 0 bridgehead atoms. The lowest BCUT2D eigenvalue weighted by atomic mass is 9.96. The Morgan fingerprint density at radius 2 is 2.33 bits per heavy atom. The third-order valence-electron chi connectivity index (χ3n) is 2.03. The predicted octanol–water partition coefficient (Wildman–Crippen LogP) is 0.478. The van der Waals surface area contributed by atoms with Crippen molar-refractivity contribution >= 4 is 5.91 Å². The Bertz CT molecular complexity index is 322. The van der Waals surface area contributed by atoms with E-state index in [1.165, 1.54) is 0 Å². The number of carbonyl (C=O) groups excluding carboxylic acids is 1. The summed E-state index contributed by atoms with van der Waals surface area (Å²) in [6, 6.07) is 3.87. The number of nitrogens with one attached hydrogen (secondary N) is 1. The van der Waals surface area contributed by atoms with Gasteiger partial charge in [-0.2, -0.15) is 0 Å². The van der Waals surface area contributed by atoms with Crippen LogP contribution in [0.15, 0.2) is 24.5 Å². The lowest BCUT2D eigenvalue weighted by Crippen LogP contribution is -2.47. The molecule has 4 nitrogen and oxygen atoms in total. The highest BCUT2D eigenvalue weighted by Crippen LogP contribution is 2.11. The molecule has 0 aliphatic rings. The summed E-state index contributed by atoms with van der Waals surface area (Å²) >= 11 is 0. The first-order chi connectivity index (χ1) is 7.03. The summed E-state index contributed by atoms with van der Waals surface area (Å²) < 4.78 is 0. The fraction of sp³-hybridized carbons (Fsp3) is 0.455. The Labute approximate surface area is 89.9 Å². The van der Waals surface area contributed by atoms with Crippen molar-refractivity contribution in [2.45, 2.75) is 25.8 Å². The smallest absolute Gasteiger partial charge is 0.234 e. The van der Waals surface area contributed by atoms with E-state index in [2.05, 4.69) is 10.3 Å². The van der Waals surface area contributed by atoms with E-state index in [0.29, 0.717) is 0 Å². The normalized spacial score (nSPS) is 11.1. The maximum Gasteiger partial charge on any atom is 0.234 e. The van der Waals surface area contributed by atoms with Gasteiger partial charge in [-0.1, -0.05) is 6.07 Å². The number of hydrogen-bond donors (Lipinski definition) is 2. The summed E-state index contributed by atoms with van der Waals surface area (Å²) in [5.74, 6) is -0.135. The molecule has 4 heteroatoms. The Morgan fingerprint density at radius 3 is 2.87 bits per heavy atom. The van der Waals surface area contributed by atoms with Gasteiger partial charge in [0.15, 0.2) is 0 Å². The van der Waals surface area contributed by atoms with Gasteiger partial charge in [0, 0.05) is 17.9 Å². The number of pyridine rings is 1. The number of aromatic nitrogens is 1. The molecule has 0 aliphatic heterocycles. The van der Waals surface area contributed by atoms with Gasteiger partial charge in [0.2, 0.25) is 5.91 Å². The summed E-state index contributed by atoms with van der Waals surface area (Å²) in [6.45, 7) is 3.96. The largest absolute Gasteiger partial charge is 0.350 e. The first-order valence-corrected chi connectivity index (χ1v) is 4.93. The van der Waals surface area contributed by atoms with E-state index in [1.54, 1.807) is 12.4 Å². The van der Waals surface area contributed by atoms with Crippen LogP contribution in [-0.2, 0) is 11.2 Å². The van der Waals surface area contributed by atoms with E-state index in [9.17, 15) is 4.79 Å². The number of nitrogens with zero attached hydrogens (tertiary/aromatic N) is 1. The average Bonchev–Trinajstić information content (AvgIpc) is 2.17. The number of hydrogen-bond acceptors (Lipinski definition) is 3. The van der Waals surface area contributed by atoms with Crippen molar-refractivity contribution in [1.29, 1.82) is 0 Å². The summed E-state index contributed by atoms with van der Waals surface area (Å²) in [5, 5.41) is 2.86. The predicted molar refractivity (Wildman–Crippen MR) is 59.2 cm³/mol. The van der Waals surface area contributed by atoms with Crippen molar-refractivity contribution in [2.75, 3.05) is 6.54 Å². The lowest BCUT2D eigenvalue weighted by molar-refractivity contribution is -0.121. The topological polar surface area (TPSA) is 68.0 Å². The van der Waals surface area contributed by atoms with Crippen molar-refractivity contribution < 1.29 is 4.79 Å². The molecule has 0 radical (unpaired) electrons. The van der Waals surface area contributed by atoms with E-state index >= 15 is 0 Å². The first kappa shape index (κ1) is 11.7. The second-order valence-corrected chi connectivity index (χ2v) is 4.17. The molecular weight excluding hydrogens is 190 g/mol. The molecule has 0 aliphatic carbocycles. The van der Waals surface area contributed by atoms with Crippen molar-refractivity contribution in [3.63, 3.8) is 0 Å². The molecule has 0 aromatic carbocycles. The highest BCUT2D eigenvalue weighted by Gasteiger charge is 2.20. The van der Waals surface area contributed by atoms with Crippen molar-refractivity contribution in [3.05, 3.63) is 30.1 Å². The second kappa shape index (κ2) is 4.89. The van der Waals surface area contributed by atoms with E-state index in [0.717, 1.165) is 12.0 Å². The first-order valence-electron chi connectivity index (χ1n) is 4.93. The minimum Gasteiger partial charge on any atom is -0.350 e. The standard InChI is InChI=1S/C11H17N3O/c1-11(2,14-10(15)7-12)6-9-4-3-5-13-8-9/h3-5,8H,6-7,12H2,1-2H3,(H,14,15). The molecule has 0 saturated carbocycles. The maximum atomic E-state index is 11.2. The van der Waals surface area contributed by atoms with Gasteiger partial charge in [0.25, 0.3) is 0 Å². The summed E-state index contributed by atoms with van der Waals surface area (Å²) in [5.41, 5.74) is 6.05. The van der Waals surface area contributed by atoms with Crippen LogP contribution in [0.25, 0.3) is 0 Å². The monoisotopic (exact) mass is 207 g/mol. The zero-order valence-corrected chi connectivity index (χ0v) is 9.16. The van der Waals surface area contributed by atoms with Crippen LogP contribution >= 0.6 is 0 Å². The summed E-state index contributed by atoms with van der Waals surface area (Å²) in [7, 11) is 0. The van der Waals surface area contributed by atoms with Crippen LogP contribution in [0.4, 0.5) is 0 Å². The van der Waals surface area contributed by atoms with Gasteiger partial charge in [-0.15, -0.1) is 0 Å². The molecule has 1 aromatic heterocycles.